The lowest BCUT2D eigenvalue weighted by Crippen LogP contribution is -2.22. The second-order valence-electron chi connectivity index (χ2n) is 6.84. The number of ether oxygens (including phenoxy) is 2. The van der Waals surface area contributed by atoms with Crippen molar-refractivity contribution >= 4 is 30.0 Å². The van der Waals surface area contributed by atoms with Crippen molar-refractivity contribution in [3.05, 3.63) is 34.6 Å². The molecule has 0 N–H and O–H groups in total. The maximum Gasteiger partial charge on any atom is 0.378 e. The highest BCUT2D eigenvalue weighted by molar-refractivity contribution is 9.10. The smallest absolute Gasteiger partial charge is 0.378 e. The van der Waals surface area contributed by atoms with Crippen LogP contribution in [0.4, 0.5) is 0 Å². The van der Waals surface area contributed by atoms with Crippen molar-refractivity contribution in [1.29, 1.82) is 0 Å². The van der Waals surface area contributed by atoms with Crippen molar-refractivity contribution in [3.63, 3.8) is 0 Å². The minimum absolute atomic E-state index is 0.0469. The summed E-state index contributed by atoms with van der Waals surface area (Å²) >= 11 is 3.45. The van der Waals surface area contributed by atoms with Gasteiger partial charge in [-0.1, -0.05) is 47.7 Å². The van der Waals surface area contributed by atoms with E-state index in [1.807, 2.05) is 24.3 Å². The molecule has 0 atom stereocenters. The van der Waals surface area contributed by atoms with Crippen molar-refractivity contribution in [2.75, 3.05) is 13.2 Å². The lowest BCUT2D eigenvalue weighted by Gasteiger charge is -2.15. The first-order valence-corrected chi connectivity index (χ1v) is 12.8. The van der Waals surface area contributed by atoms with Gasteiger partial charge in [-0.3, -0.25) is 0 Å². The van der Waals surface area contributed by atoms with E-state index in [-0.39, 0.29) is 19.2 Å². The van der Waals surface area contributed by atoms with E-state index in [2.05, 4.69) is 45.7 Å². The molecule has 2 aromatic rings. The third-order valence-corrected chi connectivity index (χ3v) is 5.62. The Bertz CT molecular complexity index is 728. The Hall–Kier alpha value is -1.51. The maximum absolute atomic E-state index is 12.0. The van der Waals surface area contributed by atoms with E-state index in [4.69, 9.17) is 9.47 Å². The fraction of sp³-hybridized carbons (Fsp3) is 0.471. The molecule has 0 fully saturated rings. The summed E-state index contributed by atoms with van der Waals surface area (Å²) in [6, 6.07) is 8.76. The van der Waals surface area contributed by atoms with Crippen molar-refractivity contribution in [1.82, 2.24) is 14.8 Å². The van der Waals surface area contributed by atoms with Crippen LogP contribution in [0.1, 0.15) is 17.5 Å². The number of halogens is 1. The van der Waals surface area contributed by atoms with E-state index in [0.29, 0.717) is 12.4 Å². The van der Waals surface area contributed by atoms with Gasteiger partial charge in [0.15, 0.2) is 5.82 Å². The van der Waals surface area contributed by atoms with Crippen molar-refractivity contribution < 1.29 is 14.3 Å². The molecule has 0 bridgehead atoms. The third kappa shape index (κ3) is 6.05. The Labute approximate surface area is 157 Å². The van der Waals surface area contributed by atoms with Gasteiger partial charge in [0.1, 0.15) is 6.73 Å². The van der Waals surface area contributed by atoms with Gasteiger partial charge in [-0.05, 0) is 25.1 Å². The van der Waals surface area contributed by atoms with E-state index in [1.54, 1.807) is 11.6 Å². The van der Waals surface area contributed by atoms with E-state index in [9.17, 15) is 4.79 Å². The topological polar surface area (TPSA) is 66.2 Å². The van der Waals surface area contributed by atoms with E-state index < -0.39 is 14.0 Å². The standard InChI is InChI=1S/C17H24BrN3O3Si/c1-5-24-17(22)15-19-16(13-7-6-8-14(18)11-13)21(20-15)12-23-9-10-25(2,3)4/h6-8,11H,5,9-10,12H2,1-4H3. The van der Waals surface area contributed by atoms with Crippen LogP contribution >= 0.6 is 15.9 Å². The molecule has 136 valence electrons. The normalized spacial score (nSPS) is 11.6. The summed E-state index contributed by atoms with van der Waals surface area (Å²) in [7, 11) is -1.15. The highest BCUT2D eigenvalue weighted by Gasteiger charge is 2.19. The average molecular weight is 426 g/mol. The van der Waals surface area contributed by atoms with Gasteiger partial charge >= 0.3 is 5.97 Å². The molecule has 0 aliphatic rings. The summed E-state index contributed by atoms with van der Waals surface area (Å²) in [6.07, 6.45) is 0. The van der Waals surface area contributed by atoms with Crippen LogP contribution in [0, 0.1) is 0 Å². The molecule has 0 aliphatic carbocycles. The molecule has 0 unspecified atom stereocenters. The molecule has 0 spiro atoms. The van der Waals surface area contributed by atoms with Gasteiger partial charge in [-0.15, -0.1) is 5.10 Å². The minimum atomic E-state index is -1.15. The lowest BCUT2D eigenvalue weighted by atomic mass is 10.2. The first-order chi connectivity index (χ1) is 11.8. The third-order valence-electron chi connectivity index (χ3n) is 3.42. The first-order valence-electron chi connectivity index (χ1n) is 8.26. The Kier molecular flexibility index (Phi) is 6.92. The second kappa shape index (κ2) is 8.73. The molecular weight excluding hydrogens is 402 g/mol. The highest BCUT2D eigenvalue weighted by Crippen LogP contribution is 2.22. The zero-order chi connectivity index (χ0) is 18.4. The van der Waals surface area contributed by atoms with Crippen LogP contribution in [0.15, 0.2) is 28.7 Å². The zero-order valence-electron chi connectivity index (χ0n) is 15.1. The molecule has 8 heteroatoms. The molecule has 1 heterocycles. The Morgan fingerprint density at radius 3 is 2.72 bits per heavy atom. The highest BCUT2D eigenvalue weighted by atomic mass is 79.9. The number of benzene rings is 1. The number of hydrogen-bond acceptors (Lipinski definition) is 5. The van der Waals surface area contributed by atoms with Crippen LogP contribution < -0.4 is 0 Å². The molecule has 2 rings (SSSR count). The van der Waals surface area contributed by atoms with Gasteiger partial charge in [0, 0.05) is 24.7 Å². The SMILES string of the molecule is CCOC(=O)c1nc(-c2cccc(Br)c2)n(COCC[Si](C)(C)C)n1. The Morgan fingerprint density at radius 1 is 1.32 bits per heavy atom. The number of esters is 1. The summed E-state index contributed by atoms with van der Waals surface area (Å²) in [4.78, 5) is 16.3. The fourth-order valence-electron chi connectivity index (χ4n) is 2.08. The van der Waals surface area contributed by atoms with Crippen LogP contribution in [0.5, 0.6) is 0 Å². The van der Waals surface area contributed by atoms with Gasteiger partial charge < -0.3 is 9.47 Å². The predicted octanol–water partition coefficient (Wildman–Crippen LogP) is 4.20. The van der Waals surface area contributed by atoms with Crippen LogP contribution in [-0.2, 0) is 16.2 Å². The van der Waals surface area contributed by atoms with Crippen LogP contribution in [0.3, 0.4) is 0 Å². The predicted molar refractivity (Wildman–Crippen MR) is 103 cm³/mol. The van der Waals surface area contributed by atoms with E-state index in [1.165, 1.54) is 0 Å². The lowest BCUT2D eigenvalue weighted by molar-refractivity contribution is 0.0505. The van der Waals surface area contributed by atoms with Crippen molar-refractivity contribution in [2.45, 2.75) is 39.3 Å². The molecule has 0 amide bonds. The van der Waals surface area contributed by atoms with Crippen LogP contribution in [-0.4, -0.2) is 42.0 Å². The monoisotopic (exact) mass is 425 g/mol. The quantitative estimate of drug-likeness (QED) is 0.360. The van der Waals surface area contributed by atoms with Gasteiger partial charge in [0.2, 0.25) is 0 Å². The zero-order valence-corrected chi connectivity index (χ0v) is 17.7. The largest absolute Gasteiger partial charge is 0.460 e. The summed E-state index contributed by atoms with van der Waals surface area (Å²) in [6.45, 7) is 9.86. The molecule has 6 nitrogen and oxygen atoms in total. The Morgan fingerprint density at radius 2 is 2.08 bits per heavy atom. The summed E-state index contributed by atoms with van der Waals surface area (Å²) in [5.74, 6) is 0.0996. The number of aromatic nitrogens is 3. The Balaban J connectivity index is 2.21. The number of nitrogens with zero attached hydrogens (tertiary/aromatic N) is 3. The molecule has 0 saturated heterocycles. The maximum atomic E-state index is 12.0. The van der Waals surface area contributed by atoms with Gasteiger partial charge in [-0.2, -0.15) is 0 Å². The van der Waals surface area contributed by atoms with Gasteiger partial charge in [0.25, 0.3) is 5.82 Å². The summed E-state index contributed by atoms with van der Waals surface area (Å²) < 4.78 is 13.3. The molecule has 0 aliphatic heterocycles. The number of hydrogen-bond donors (Lipinski definition) is 0. The summed E-state index contributed by atoms with van der Waals surface area (Å²) in [5, 5.41) is 4.27. The molecule has 1 aromatic heterocycles. The van der Waals surface area contributed by atoms with E-state index >= 15 is 0 Å². The number of carbonyl (C=O) groups is 1. The van der Waals surface area contributed by atoms with Crippen LogP contribution in [0.25, 0.3) is 11.4 Å². The van der Waals surface area contributed by atoms with Gasteiger partial charge in [-0.25, -0.2) is 14.5 Å². The van der Waals surface area contributed by atoms with Crippen LogP contribution in [0.2, 0.25) is 25.7 Å². The molecular formula is C17H24BrN3O3Si. The van der Waals surface area contributed by atoms with E-state index in [0.717, 1.165) is 16.1 Å². The summed E-state index contributed by atoms with van der Waals surface area (Å²) in [5.41, 5.74) is 0.853. The first kappa shape index (κ1) is 19.8. The molecule has 0 saturated carbocycles. The van der Waals surface area contributed by atoms with Crippen molar-refractivity contribution in [3.8, 4) is 11.4 Å². The number of rotatable bonds is 8. The second-order valence-corrected chi connectivity index (χ2v) is 13.4. The molecule has 0 radical (unpaired) electrons. The van der Waals surface area contributed by atoms with Crippen molar-refractivity contribution in [2.24, 2.45) is 0 Å². The molecule has 25 heavy (non-hydrogen) atoms. The fourth-order valence-corrected chi connectivity index (χ4v) is 3.24. The average Bonchev–Trinajstić information content (AvgIpc) is 2.95. The minimum Gasteiger partial charge on any atom is -0.460 e. The van der Waals surface area contributed by atoms with Gasteiger partial charge in [0.05, 0.1) is 6.61 Å². The molecule has 1 aromatic carbocycles. The number of carbonyl (C=O) groups excluding carboxylic acids is 1.